The van der Waals surface area contributed by atoms with E-state index in [4.69, 9.17) is 11.5 Å². The molecule has 0 radical (unpaired) electrons. The van der Waals surface area contributed by atoms with Gasteiger partial charge in [-0.05, 0) is 31.2 Å². The molecule has 9 heteroatoms. The van der Waals surface area contributed by atoms with E-state index >= 15 is 0 Å². The molecule has 0 unspecified atom stereocenters. The molecule has 2 aromatic heterocycles. The fourth-order valence-corrected chi connectivity index (χ4v) is 3.22. The first kappa shape index (κ1) is 19.3. The number of rotatable bonds is 7. The summed E-state index contributed by atoms with van der Waals surface area (Å²) >= 11 is 0. The number of hydrogen-bond acceptors (Lipinski definition) is 5. The Morgan fingerprint density at radius 1 is 1.10 bits per heavy atom. The molecule has 0 aliphatic rings. The molecule has 2 amide bonds. The summed E-state index contributed by atoms with van der Waals surface area (Å²) in [5.74, 6) is -0.453. The van der Waals surface area contributed by atoms with Crippen molar-refractivity contribution >= 4 is 22.7 Å². The lowest BCUT2D eigenvalue weighted by Crippen LogP contribution is -2.25. The first-order chi connectivity index (χ1) is 14.6. The number of H-pyrrole nitrogens is 2. The van der Waals surface area contributed by atoms with Crippen LogP contribution in [0.15, 0.2) is 48.5 Å². The van der Waals surface area contributed by atoms with E-state index in [1.54, 1.807) is 18.2 Å². The minimum absolute atomic E-state index is 0.128. The Hall–Kier alpha value is -3.98. The van der Waals surface area contributed by atoms with Crippen LogP contribution >= 0.6 is 0 Å². The fourth-order valence-electron chi connectivity index (χ4n) is 3.22. The first-order valence-corrected chi connectivity index (χ1v) is 9.50. The van der Waals surface area contributed by atoms with E-state index in [2.05, 4.69) is 25.5 Å². The van der Waals surface area contributed by atoms with Crippen LogP contribution in [0.25, 0.3) is 33.7 Å². The Bertz CT molecular complexity index is 1210. The van der Waals surface area contributed by atoms with Gasteiger partial charge in [0.15, 0.2) is 11.5 Å². The molecule has 0 aliphatic carbocycles. The summed E-state index contributed by atoms with van der Waals surface area (Å²) in [6.07, 6.45) is 0.704. The molecule has 0 spiro atoms. The molecule has 0 aliphatic heterocycles. The van der Waals surface area contributed by atoms with Gasteiger partial charge in [-0.2, -0.15) is 5.10 Å². The van der Waals surface area contributed by atoms with Crippen LogP contribution in [0, 0.1) is 0 Å². The molecule has 30 heavy (non-hydrogen) atoms. The highest BCUT2D eigenvalue weighted by molar-refractivity contribution is 6.02. The lowest BCUT2D eigenvalue weighted by Gasteiger charge is -2.04. The number of aromatic nitrogens is 4. The van der Waals surface area contributed by atoms with Gasteiger partial charge in [0.05, 0.1) is 11.2 Å². The monoisotopic (exact) mass is 403 g/mol. The standard InChI is InChI=1S/C21H21N7O2/c22-9-4-10-24-21(30)13-7-8-15-14(11-13)17(28-27-15)20-25-16(18(26-20)19(23)29)12-5-2-1-3-6-12/h1-3,5-8,11H,4,9-10,22H2,(H2,23,29)(H,24,30)(H,25,26)(H,27,28). The molecule has 4 aromatic rings. The maximum Gasteiger partial charge on any atom is 0.269 e. The topological polar surface area (TPSA) is 156 Å². The van der Waals surface area contributed by atoms with Gasteiger partial charge < -0.3 is 21.8 Å². The summed E-state index contributed by atoms with van der Waals surface area (Å²) in [5, 5.41) is 10.8. The fraction of sp³-hybridized carbons (Fsp3) is 0.143. The number of nitrogens with two attached hydrogens (primary N) is 2. The number of imidazole rings is 1. The molecule has 0 bridgehead atoms. The molecule has 0 saturated carbocycles. The van der Waals surface area contributed by atoms with Crippen LogP contribution in [-0.4, -0.2) is 45.1 Å². The molecule has 2 aromatic carbocycles. The number of primary amides is 1. The van der Waals surface area contributed by atoms with Crippen molar-refractivity contribution in [3.8, 4) is 22.8 Å². The van der Waals surface area contributed by atoms with Crippen molar-refractivity contribution in [2.24, 2.45) is 11.5 Å². The maximum atomic E-state index is 12.4. The van der Waals surface area contributed by atoms with Crippen LogP contribution in [0.2, 0.25) is 0 Å². The summed E-state index contributed by atoms with van der Waals surface area (Å²) in [5.41, 5.74) is 14.2. The minimum Gasteiger partial charge on any atom is -0.364 e. The van der Waals surface area contributed by atoms with Crippen LogP contribution < -0.4 is 16.8 Å². The van der Waals surface area contributed by atoms with Crippen molar-refractivity contribution in [1.29, 1.82) is 0 Å². The third kappa shape index (κ3) is 3.65. The number of carbonyl (C=O) groups excluding carboxylic acids is 2. The SMILES string of the molecule is NCCCNC(=O)c1ccc2[nH]nc(-c3nc(C(N)=O)c(-c4ccccc4)[nH]3)c2c1. The average molecular weight is 403 g/mol. The number of nitrogens with zero attached hydrogens (tertiary/aromatic N) is 2. The third-order valence-corrected chi connectivity index (χ3v) is 4.72. The summed E-state index contributed by atoms with van der Waals surface area (Å²) in [6, 6.07) is 14.5. The molecule has 0 atom stereocenters. The first-order valence-electron chi connectivity index (χ1n) is 9.50. The Morgan fingerprint density at radius 2 is 1.90 bits per heavy atom. The normalized spacial score (nSPS) is 11.0. The van der Waals surface area contributed by atoms with Gasteiger partial charge in [0, 0.05) is 23.1 Å². The van der Waals surface area contributed by atoms with Crippen molar-refractivity contribution in [1.82, 2.24) is 25.5 Å². The molecular formula is C21H21N7O2. The molecule has 152 valence electrons. The summed E-state index contributed by atoms with van der Waals surface area (Å²) in [7, 11) is 0. The van der Waals surface area contributed by atoms with Crippen LogP contribution in [0.1, 0.15) is 27.3 Å². The number of nitrogens with one attached hydrogen (secondary N) is 3. The summed E-state index contributed by atoms with van der Waals surface area (Å²) in [4.78, 5) is 31.9. The van der Waals surface area contributed by atoms with Gasteiger partial charge in [-0.15, -0.1) is 0 Å². The predicted molar refractivity (Wildman–Crippen MR) is 114 cm³/mol. The lowest BCUT2D eigenvalue weighted by atomic mass is 10.1. The van der Waals surface area contributed by atoms with Crippen LogP contribution in [0.5, 0.6) is 0 Å². The number of carbonyl (C=O) groups is 2. The van der Waals surface area contributed by atoms with Crippen molar-refractivity contribution in [2.45, 2.75) is 6.42 Å². The van der Waals surface area contributed by atoms with Crippen molar-refractivity contribution in [3.63, 3.8) is 0 Å². The molecule has 9 nitrogen and oxygen atoms in total. The van der Waals surface area contributed by atoms with Gasteiger partial charge in [-0.3, -0.25) is 14.7 Å². The number of aromatic amines is 2. The molecular weight excluding hydrogens is 382 g/mol. The lowest BCUT2D eigenvalue weighted by molar-refractivity contribution is 0.0952. The van der Waals surface area contributed by atoms with E-state index in [0.717, 1.165) is 11.1 Å². The Kier molecular flexibility index (Phi) is 5.27. The van der Waals surface area contributed by atoms with Gasteiger partial charge in [0.25, 0.3) is 11.8 Å². The maximum absolute atomic E-state index is 12.4. The predicted octanol–water partition coefficient (Wildman–Crippen LogP) is 1.80. The molecule has 4 rings (SSSR count). The van der Waals surface area contributed by atoms with E-state index in [9.17, 15) is 9.59 Å². The second-order valence-electron chi connectivity index (χ2n) is 6.77. The second-order valence-corrected chi connectivity index (χ2v) is 6.77. The van der Waals surface area contributed by atoms with Crippen molar-refractivity contribution in [3.05, 3.63) is 59.8 Å². The molecule has 2 heterocycles. The van der Waals surface area contributed by atoms with Gasteiger partial charge in [-0.25, -0.2) is 4.98 Å². The van der Waals surface area contributed by atoms with Gasteiger partial charge in [0.1, 0.15) is 5.69 Å². The zero-order chi connectivity index (χ0) is 21.1. The highest BCUT2D eigenvalue weighted by atomic mass is 16.2. The van der Waals surface area contributed by atoms with Gasteiger partial charge >= 0.3 is 0 Å². The van der Waals surface area contributed by atoms with Gasteiger partial charge in [0.2, 0.25) is 0 Å². The van der Waals surface area contributed by atoms with E-state index in [0.29, 0.717) is 47.7 Å². The number of hydrogen-bond donors (Lipinski definition) is 5. The van der Waals surface area contributed by atoms with Crippen LogP contribution in [0.4, 0.5) is 0 Å². The third-order valence-electron chi connectivity index (χ3n) is 4.72. The smallest absolute Gasteiger partial charge is 0.269 e. The Labute approximate surface area is 171 Å². The molecule has 0 saturated heterocycles. The minimum atomic E-state index is -0.642. The highest BCUT2D eigenvalue weighted by Crippen LogP contribution is 2.29. The van der Waals surface area contributed by atoms with Crippen LogP contribution in [0.3, 0.4) is 0 Å². The van der Waals surface area contributed by atoms with E-state index < -0.39 is 5.91 Å². The molecule has 7 N–H and O–H groups in total. The van der Waals surface area contributed by atoms with Crippen LogP contribution in [-0.2, 0) is 0 Å². The average Bonchev–Trinajstić information content (AvgIpc) is 3.38. The highest BCUT2D eigenvalue weighted by Gasteiger charge is 2.20. The van der Waals surface area contributed by atoms with Gasteiger partial charge in [-0.1, -0.05) is 30.3 Å². The molecule has 0 fully saturated rings. The Balaban J connectivity index is 1.75. The summed E-state index contributed by atoms with van der Waals surface area (Å²) in [6.45, 7) is 1.02. The zero-order valence-electron chi connectivity index (χ0n) is 16.1. The summed E-state index contributed by atoms with van der Waals surface area (Å²) < 4.78 is 0. The van der Waals surface area contributed by atoms with E-state index in [1.807, 2.05) is 30.3 Å². The number of benzene rings is 2. The number of amides is 2. The quantitative estimate of drug-likeness (QED) is 0.298. The zero-order valence-corrected chi connectivity index (χ0v) is 16.1. The van der Waals surface area contributed by atoms with E-state index in [1.165, 1.54) is 0 Å². The number of fused-ring (bicyclic) bond motifs is 1. The Morgan fingerprint density at radius 3 is 2.63 bits per heavy atom. The largest absolute Gasteiger partial charge is 0.364 e. The van der Waals surface area contributed by atoms with Crippen molar-refractivity contribution in [2.75, 3.05) is 13.1 Å². The van der Waals surface area contributed by atoms with E-state index in [-0.39, 0.29) is 11.6 Å². The second kappa shape index (κ2) is 8.18. The van der Waals surface area contributed by atoms with Crippen molar-refractivity contribution < 1.29 is 9.59 Å².